The fraction of sp³-hybridized carbons (Fsp3) is 0.273. The van der Waals surface area contributed by atoms with Crippen molar-refractivity contribution in [2.75, 3.05) is 7.11 Å². The molecule has 1 aliphatic rings. The standard InChI is InChI=1S/C22H20O6/c1-22(2)19(27-21(24)13-4-7-16(25-3)8-5-13)11-15-10-14-6-9-20(23)26-17(14)12-18(15)28-22/h4-10,12,19H,11H2,1-3H3/t19-/m0/s1. The van der Waals surface area contributed by atoms with Gasteiger partial charge in [0.2, 0.25) is 0 Å². The molecule has 2 heterocycles. The molecule has 4 rings (SSSR count). The molecule has 0 unspecified atom stereocenters. The Bertz CT molecular complexity index is 1090. The van der Waals surface area contributed by atoms with E-state index in [1.54, 1.807) is 43.5 Å². The Kier molecular flexibility index (Phi) is 4.34. The van der Waals surface area contributed by atoms with E-state index < -0.39 is 23.3 Å². The van der Waals surface area contributed by atoms with Crippen LogP contribution in [0.25, 0.3) is 11.0 Å². The van der Waals surface area contributed by atoms with Crippen molar-refractivity contribution in [1.29, 1.82) is 0 Å². The maximum absolute atomic E-state index is 12.6. The maximum atomic E-state index is 12.6. The Hall–Kier alpha value is -3.28. The minimum Gasteiger partial charge on any atom is -0.497 e. The van der Waals surface area contributed by atoms with Crippen molar-refractivity contribution >= 4 is 16.9 Å². The fourth-order valence-corrected chi connectivity index (χ4v) is 3.30. The molecule has 1 atom stereocenters. The summed E-state index contributed by atoms with van der Waals surface area (Å²) < 4.78 is 22.2. The molecule has 0 saturated heterocycles. The number of methoxy groups -OCH3 is 1. The van der Waals surface area contributed by atoms with Gasteiger partial charge in [-0.3, -0.25) is 0 Å². The molecule has 144 valence electrons. The Balaban J connectivity index is 1.61. The fourth-order valence-electron chi connectivity index (χ4n) is 3.30. The largest absolute Gasteiger partial charge is 0.497 e. The third-order valence-corrected chi connectivity index (χ3v) is 4.93. The van der Waals surface area contributed by atoms with Crippen LogP contribution in [0.1, 0.15) is 29.8 Å². The molecule has 3 aromatic rings. The van der Waals surface area contributed by atoms with Crippen LogP contribution in [0.2, 0.25) is 0 Å². The lowest BCUT2D eigenvalue weighted by Crippen LogP contribution is -2.48. The van der Waals surface area contributed by atoms with Gasteiger partial charge in [0.1, 0.15) is 28.8 Å². The summed E-state index contributed by atoms with van der Waals surface area (Å²) in [5.74, 6) is 0.883. The molecular weight excluding hydrogens is 360 g/mol. The van der Waals surface area contributed by atoms with Crippen LogP contribution in [0, 0.1) is 0 Å². The zero-order chi connectivity index (χ0) is 19.9. The topological polar surface area (TPSA) is 75.0 Å². The zero-order valence-corrected chi connectivity index (χ0v) is 15.9. The number of carbonyl (C=O) groups excluding carboxylic acids is 1. The van der Waals surface area contributed by atoms with Crippen LogP contribution in [0.3, 0.4) is 0 Å². The number of hydrogen-bond acceptors (Lipinski definition) is 6. The second kappa shape index (κ2) is 6.71. The molecule has 0 aliphatic carbocycles. The number of hydrogen-bond donors (Lipinski definition) is 0. The molecule has 0 spiro atoms. The third kappa shape index (κ3) is 3.33. The molecule has 6 heteroatoms. The van der Waals surface area contributed by atoms with Gasteiger partial charge in [0.05, 0.1) is 12.7 Å². The van der Waals surface area contributed by atoms with Gasteiger partial charge in [-0.15, -0.1) is 0 Å². The van der Waals surface area contributed by atoms with Gasteiger partial charge in [-0.2, -0.15) is 0 Å². The molecule has 28 heavy (non-hydrogen) atoms. The number of benzene rings is 2. The number of ether oxygens (including phenoxy) is 3. The normalized spacial score (nSPS) is 17.5. The van der Waals surface area contributed by atoms with Crippen LogP contribution >= 0.6 is 0 Å². The van der Waals surface area contributed by atoms with E-state index >= 15 is 0 Å². The van der Waals surface area contributed by atoms with Crippen molar-refractivity contribution in [3.05, 3.63) is 70.1 Å². The highest BCUT2D eigenvalue weighted by atomic mass is 16.6. The van der Waals surface area contributed by atoms with E-state index in [4.69, 9.17) is 18.6 Å². The van der Waals surface area contributed by atoms with Gasteiger partial charge in [-0.25, -0.2) is 9.59 Å². The number of rotatable bonds is 3. The van der Waals surface area contributed by atoms with Crippen molar-refractivity contribution in [3.63, 3.8) is 0 Å². The first-order valence-electron chi connectivity index (χ1n) is 8.96. The Morgan fingerprint density at radius 3 is 2.57 bits per heavy atom. The summed E-state index contributed by atoms with van der Waals surface area (Å²) in [5.41, 5.74) is 0.665. The lowest BCUT2D eigenvalue weighted by atomic mass is 9.90. The van der Waals surface area contributed by atoms with Crippen LogP contribution in [-0.4, -0.2) is 24.8 Å². The number of esters is 1. The van der Waals surface area contributed by atoms with Crippen molar-refractivity contribution in [3.8, 4) is 11.5 Å². The predicted octanol–water partition coefficient (Wildman–Crippen LogP) is 3.74. The number of fused-ring (bicyclic) bond motifs is 2. The van der Waals surface area contributed by atoms with Crippen LogP contribution in [0.5, 0.6) is 11.5 Å². The van der Waals surface area contributed by atoms with Gasteiger partial charge < -0.3 is 18.6 Å². The first-order chi connectivity index (χ1) is 13.4. The van der Waals surface area contributed by atoms with Crippen LogP contribution < -0.4 is 15.1 Å². The second-order valence-corrected chi connectivity index (χ2v) is 7.28. The first kappa shape index (κ1) is 18.1. The lowest BCUT2D eigenvalue weighted by molar-refractivity contribution is -0.0593. The molecule has 0 amide bonds. The molecule has 0 saturated carbocycles. The van der Waals surface area contributed by atoms with Crippen molar-refractivity contribution in [2.45, 2.75) is 32.0 Å². The second-order valence-electron chi connectivity index (χ2n) is 7.28. The summed E-state index contributed by atoms with van der Waals surface area (Å²) in [6.45, 7) is 3.74. The minimum atomic E-state index is -0.738. The molecule has 0 radical (unpaired) electrons. The molecule has 1 aliphatic heterocycles. The zero-order valence-electron chi connectivity index (χ0n) is 15.9. The summed E-state index contributed by atoms with van der Waals surface area (Å²) in [4.78, 5) is 24.0. The Morgan fingerprint density at radius 2 is 1.86 bits per heavy atom. The van der Waals surface area contributed by atoms with E-state index in [9.17, 15) is 9.59 Å². The molecule has 0 N–H and O–H groups in total. The SMILES string of the molecule is COc1ccc(C(=O)O[C@H]2Cc3cc4ccc(=O)oc4cc3OC2(C)C)cc1. The van der Waals surface area contributed by atoms with Gasteiger partial charge >= 0.3 is 11.6 Å². The molecule has 0 fully saturated rings. The summed E-state index contributed by atoms with van der Waals surface area (Å²) in [6.07, 6.45) is 0.0296. The Labute approximate surface area is 161 Å². The average Bonchev–Trinajstić information content (AvgIpc) is 2.67. The van der Waals surface area contributed by atoms with Crippen LogP contribution in [0.15, 0.2) is 57.7 Å². The Morgan fingerprint density at radius 1 is 1.11 bits per heavy atom. The maximum Gasteiger partial charge on any atom is 0.338 e. The third-order valence-electron chi connectivity index (χ3n) is 4.93. The highest BCUT2D eigenvalue weighted by Gasteiger charge is 2.40. The molecule has 2 aromatic carbocycles. The monoisotopic (exact) mass is 380 g/mol. The number of carbonyl (C=O) groups is 1. The smallest absolute Gasteiger partial charge is 0.338 e. The highest BCUT2D eigenvalue weighted by molar-refractivity contribution is 5.89. The molecule has 1 aromatic heterocycles. The molecular formula is C22H20O6. The molecule has 6 nitrogen and oxygen atoms in total. The van der Waals surface area contributed by atoms with Crippen molar-refractivity contribution in [1.82, 2.24) is 0 Å². The van der Waals surface area contributed by atoms with Crippen molar-refractivity contribution < 1.29 is 23.4 Å². The molecule has 0 bridgehead atoms. The van der Waals surface area contributed by atoms with Crippen molar-refractivity contribution in [2.24, 2.45) is 0 Å². The van der Waals surface area contributed by atoms with Crippen LogP contribution in [-0.2, 0) is 11.2 Å². The van der Waals surface area contributed by atoms with E-state index in [2.05, 4.69) is 0 Å². The quantitative estimate of drug-likeness (QED) is 0.509. The van der Waals surface area contributed by atoms with E-state index in [0.29, 0.717) is 29.1 Å². The van der Waals surface area contributed by atoms with Gasteiger partial charge in [0, 0.05) is 23.9 Å². The van der Waals surface area contributed by atoms with E-state index in [0.717, 1.165) is 10.9 Å². The first-order valence-corrected chi connectivity index (χ1v) is 8.96. The lowest BCUT2D eigenvalue weighted by Gasteiger charge is -2.39. The van der Waals surface area contributed by atoms with E-state index in [1.165, 1.54) is 6.07 Å². The minimum absolute atomic E-state index is 0.409. The summed E-state index contributed by atoms with van der Waals surface area (Å²) in [7, 11) is 1.57. The summed E-state index contributed by atoms with van der Waals surface area (Å²) in [5, 5.41) is 0.793. The van der Waals surface area contributed by atoms with E-state index in [1.807, 2.05) is 19.9 Å². The van der Waals surface area contributed by atoms with Gasteiger partial charge in [-0.05, 0) is 55.8 Å². The van der Waals surface area contributed by atoms with Gasteiger partial charge in [0.25, 0.3) is 0 Å². The van der Waals surface area contributed by atoms with Gasteiger partial charge in [-0.1, -0.05) is 0 Å². The van der Waals surface area contributed by atoms with Crippen LogP contribution in [0.4, 0.5) is 0 Å². The summed E-state index contributed by atoms with van der Waals surface area (Å²) in [6, 6.07) is 13.5. The predicted molar refractivity (Wildman–Crippen MR) is 103 cm³/mol. The summed E-state index contributed by atoms with van der Waals surface area (Å²) >= 11 is 0. The average molecular weight is 380 g/mol. The van der Waals surface area contributed by atoms with E-state index in [-0.39, 0.29) is 0 Å². The highest BCUT2D eigenvalue weighted by Crippen LogP contribution is 2.37. The van der Waals surface area contributed by atoms with Gasteiger partial charge in [0.15, 0.2) is 0 Å².